The highest BCUT2D eigenvalue weighted by Gasteiger charge is 2.09. The Balaban J connectivity index is 2.93. The van der Waals surface area contributed by atoms with Gasteiger partial charge in [-0.2, -0.15) is 0 Å². The molecule has 0 aromatic heterocycles. The number of halogens is 1. The van der Waals surface area contributed by atoms with E-state index in [0.29, 0.717) is 5.56 Å². The average molecular weight is 209 g/mol. The van der Waals surface area contributed by atoms with Crippen LogP contribution in [-0.2, 0) is 4.79 Å². The van der Waals surface area contributed by atoms with E-state index in [4.69, 9.17) is 5.11 Å². The van der Waals surface area contributed by atoms with Gasteiger partial charge in [-0.1, -0.05) is 24.3 Å². The van der Waals surface area contributed by atoms with Gasteiger partial charge in [0.05, 0.1) is 6.04 Å². The molecule has 15 heavy (non-hydrogen) atoms. The molecule has 0 radical (unpaired) electrons. The first-order valence-electron chi connectivity index (χ1n) is 4.48. The lowest BCUT2D eigenvalue weighted by molar-refractivity contribution is -0.131. The molecule has 4 heteroatoms. The molecule has 1 aromatic rings. The fourth-order valence-electron chi connectivity index (χ4n) is 1.26. The number of carbonyl (C=O) groups is 1. The third kappa shape index (κ3) is 3.18. The molecular weight excluding hydrogens is 197 g/mol. The molecule has 0 fully saturated rings. The Hall–Kier alpha value is -1.68. The number of aliphatic carboxylic acids is 1. The highest BCUT2D eigenvalue weighted by molar-refractivity contribution is 5.79. The predicted octanol–water partition coefficient (Wildman–Crippen LogP) is 1.73. The number of hydrogen-bond acceptors (Lipinski definition) is 2. The van der Waals surface area contributed by atoms with E-state index in [-0.39, 0.29) is 5.82 Å². The summed E-state index contributed by atoms with van der Waals surface area (Å²) in [6.07, 6.45) is 2.40. The number of carboxylic acids is 1. The van der Waals surface area contributed by atoms with Crippen LogP contribution in [0, 0.1) is 5.82 Å². The van der Waals surface area contributed by atoms with Crippen molar-refractivity contribution in [3.8, 4) is 0 Å². The third-order valence-corrected chi connectivity index (χ3v) is 1.98. The zero-order valence-corrected chi connectivity index (χ0v) is 8.27. The van der Waals surface area contributed by atoms with Crippen molar-refractivity contribution in [2.24, 2.45) is 0 Å². The monoisotopic (exact) mass is 209 g/mol. The molecule has 0 saturated heterocycles. The largest absolute Gasteiger partial charge is 0.478 e. The van der Waals surface area contributed by atoms with Gasteiger partial charge in [-0.3, -0.25) is 0 Å². The summed E-state index contributed by atoms with van der Waals surface area (Å²) in [4.78, 5) is 10.3. The molecule has 80 valence electrons. The topological polar surface area (TPSA) is 49.3 Å². The van der Waals surface area contributed by atoms with Gasteiger partial charge in [0, 0.05) is 11.6 Å². The van der Waals surface area contributed by atoms with E-state index in [2.05, 4.69) is 5.32 Å². The Morgan fingerprint density at radius 1 is 1.53 bits per heavy atom. The standard InChI is InChI=1S/C11H12FNO2/c1-13-10(6-7-11(14)15)8-4-2-3-5-9(8)12/h2-7,10,13H,1H3,(H,14,15)/b7-6+. The second-order valence-electron chi connectivity index (χ2n) is 2.99. The molecule has 1 atom stereocenters. The van der Waals surface area contributed by atoms with E-state index in [1.54, 1.807) is 25.2 Å². The van der Waals surface area contributed by atoms with Gasteiger partial charge < -0.3 is 10.4 Å². The smallest absolute Gasteiger partial charge is 0.328 e. The number of benzene rings is 1. The van der Waals surface area contributed by atoms with Gasteiger partial charge in [0.1, 0.15) is 5.82 Å². The Bertz CT molecular complexity index is 377. The van der Waals surface area contributed by atoms with Crippen molar-refractivity contribution in [3.05, 3.63) is 47.8 Å². The molecule has 0 saturated carbocycles. The van der Waals surface area contributed by atoms with Crippen LogP contribution in [0.1, 0.15) is 11.6 Å². The summed E-state index contributed by atoms with van der Waals surface area (Å²) in [7, 11) is 1.64. The Morgan fingerprint density at radius 3 is 2.73 bits per heavy atom. The highest BCUT2D eigenvalue weighted by atomic mass is 19.1. The lowest BCUT2D eigenvalue weighted by Crippen LogP contribution is -2.15. The van der Waals surface area contributed by atoms with E-state index in [9.17, 15) is 9.18 Å². The number of hydrogen-bond donors (Lipinski definition) is 2. The minimum Gasteiger partial charge on any atom is -0.478 e. The van der Waals surface area contributed by atoms with Gasteiger partial charge in [0.2, 0.25) is 0 Å². The summed E-state index contributed by atoms with van der Waals surface area (Å²) in [6, 6.07) is 5.82. The van der Waals surface area contributed by atoms with E-state index in [1.165, 1.54) is 12.1 Å². The minimum atomic E-state index is -1.05. The zero-order valence-electron chi connectivity index (χ0n) is 8.27. The number of nitrogens with one attached hydrogen (secondary N) is 1. The zero-order chi connectivity index (χ0) is 11.3. The van der Waals surface area contributed by atoms with Crippen LogP contribution in [0.4, 0.5) is 4.39 Å². The minimum absolute atomic E-state index is 0.355. The van der Waals surface area contributed by atoms with Gasteiger partial charge in [-0.05, 0) is 13.1 Å². The molecular formula is C11H12FNO2. The first-order chi connectivity index (χ1) is 7.15. The summed E-state index contributed by atoms with van der Waals surface area (Å²) >= 11 is 0. The molecule has 0 heterocycles. The SMILES string of the molecule is CNC(/C=C/C(=O)O)c1ccccc1F. The fraction of sp³-hybridized carbons (Fsp3) is 0.182. The van der Waals surface area contributed by atoms with Crippen LogP contribution in [0.25, 0.3) is 0 Å². The van der Waals surface area contributed by atoms with Gasteiger partial charge in [0.25, 0.3) is 0 Å². The first-order valence-corrected chi connectivity index (χ1v) is 4.48. The van der Waals surface area contributed by atoms with Crippen LogP contribution in [0.5, 0.6) is 0 Å². The number of rotatable bonds is 4. The molecule has 0 aliphatic carbocycles. The van der Waals surface area contributed by atoms with Crippen LogP contribution in [0.2, 0.25) is 0 Å². The van der Waals surface area contributed by atoms with Crippen molar-refractivity contribution in [1.82, 2.24) is 5.32 Å². The molecule has 0 spiro atoms. The van der Waals surface area contributed by atoms with Crippen LogP contribution >= 0.6 is 0 Å². The Morgan fingerprint density at radius 2 is 2.20 bits per heavy atom. The van der Waals surface area contributed by atoms with Gasteiger partial charge in [0.15, 0.2) is 0 Å². The van der Waals surface area contributed by atoms with Crippen LogP contribution in [0.3, 0.4) is 0 Å². The van der Waals surface area contributed by atoms with Gasteiger partial charge in [-0.15, -0.1) is 0 Å². The van der Waals surface area contributed by atoms with Crippen molar-refractivity contribution in [3.63, 3.8) is 0 Å². The molecule has 0 aliphatic rings. The molecule has 0 amide bonds. The maximum atomic E-state index is 13.3. The molecule has 1 aromatic carbocycles. The van der Waals surface area contributed by atoms with E-state index < -0.39 is 12.0 Å². The summed E-state index contributed by atoms with van der Waals surface area (Å²) in [5, 5.41) is 11.3. The van der Waals surface area contributed by atoms with Crippen molar-refractivity contribution < 1.29 is 14.3 Å². The summed E-state index contributed by atoms with van der Waals surface area (Å²) in [5.41, 5.74) is 0.428. The average Bonchev–Trinajstić information content (AvgIpc) is 2.21. The highest BCUT2D eigenvalue weighted by Crippen LogP contribution is 2.17. The lowest BCUT2D eigenvalue weighted by Gasteiger charge is -2.12. The summed E-state index contributed by atoms with van der Waals surface area (Å²) < 4.78 is 13.3. The maximum absolute atomic E-state index is 13.3. The van der Waals surface area contributed by atoms with E-state index in [1.807, 2.05) is 0 Å². The Kier molecular flexibility index (Phi) is 4.00. The quantitative estimate of drug-likeness (QED) is 0.742. The number of carboxylic acid groups (broad SMARTS) is 1. The summed E-state index contributed by atoms with van der Waals surface area (Å²) in [5.74, 6) is -1.40. The van der Waals surface area contributed by atoms with Crippen LogP contribution < -0.4 is 5.32 Å². The molecule has 3 nitrogen and oxygen atoms in total. The third-order valence-electron chi connectivity index (χ3n) is 1.98. The molecule has 1 rings (SSSR count). The van der Waals surface area contributed by atoms with Crippen LogP contribution in [0.15, 0.2) is 36.4 Å². The molecule has 1 unspecified atom stereocenters. The second kappa shape index (κ2) is 5.26. The van der Waals surface area contributed by atoms with Crippen LogP contribution in [-0.4, -0.2) is 18.1 Å². The Labute approximate surface area is 87.2 Å². The van der Waals surface area contributed by atoms with E-state index >= 15 is 0 Å². The van der Waals surface area contributed by atoms with Crippen molar-refractivity contribution in [2.75, 3.05) is 7.05 Å². The lowest BCUT2D eigenvalue weighted by atomic mass is 10.1. The fourth-order valence-corrected chi connectivity index (χ4v) is 1.26. The van der Waals surface area contributed by atoms with Gasteiger partial charge >= 0.3 is 5.97 Å². The number of likely N-dealkylation sites (N-methyl/N-ethyl adjacent to an activating group) is 1. The predicted molar refractivity (Wildman–Crippen MR) is 55.0 cm³/mol. The molecule has 2 N–H and O–H groups in total. The van der Waals surface area contributed by atoms with Crippen molar-refractivity contribution >= 4 is 5.97 Å². The van der Waals surface area contributed by atoms with Gasteiger partial charge in [-0.25, -0.2) is 9.18 Å². The molecule has 0 aliphatic heterocycles. The second-order valence-corrected chi connectivity index (χ2v) is 2.99. The van der Waals surface area contributed by atoms with Crippen molar-refractivity contribution in [1.29, 1.82) is 0 Å². The maximum Gasteiger partial charge on any atom is 0.328 e. The van der Waals surface area contributed by atoms with Crippen molar-refractivity contribution in [2.45, 2.75) is 6.04 Å². The summed E-state index contributed by atoms with van der Waals surface area (Å²) in [6.45, 7) is 0. The first kappa shape index (κ1) is 11.4. The van der Waals surface area contributed by atoms with E-state index in [0.717, 1.165) is 6.08 Å². The molecule has 0 bridgehead atoms. The normalized spacial score (nSPS) is 12.9.